The molecule has 1 atom stereocenters. The Balaban J connectivity index is 0.00000320. The Hall–Kier alpha value is -2.10. The second-order valence-electron chi connectivity index (χ2n) is 7.72. The lowest BCUT2D eigenvalue weighted by atomic mass is 9.95. The number of aryl methyl sites for hydroxylation is 1. The summed E-state index contributed by atoms with van der Waals surface area (Å²) in [5.74, 6) is 2.02. The number of nitrogens with two attached hydrogens (primary N) is 1. The van der Waals surface area contributed by atoms with Crippen LogP contribution >= 0.6 is 24.0 Å². The van der Waals surface area contributed by atoms with Crippen LogP contribution in [0, 0.1) is 12.8 Å². The monoisotopic (exact) mass is 524 g/mol. The van der Waals surface area contributed by atoms with Gasteiger partial charge in [-0.25, -0.2) is 9.98 Å². The van der Waals surface area contributed by atoms with E-state index in [0.717, 1.165) is 50.8 Å². The van der Waals surface area contributed by atoms with Gasteiger partial charge in [0.05, 0.1) is 6.54 Å². The number of carbonyl (C=O) groups excluding carboxylic acids is 1. The highest BCUT2D eigenvalue weighted by Crippen LogP contribution is 2.19. The van der Waals surface area contributed by atoms with E-state index < -0.39 is 0 Å². The second-order valence-corrected chi connectivity index (χ2v) is 7.72. The van der Waals surface area contributed by atoms with Gasteiger partial charge in [-0.05, 0) is 43.7 Å². The van der Waals surface area contributed by atoms with Gasteiger partial charge >= 0.3 is 0 Å². The molecule has 0 radical (unpaired) electrons. The second kappa shape index (κ2) is 11.9. The molecule has 2 aromatic rings. The number of benzene rings is 1. The minimum Gasteiger partial charge on any atom is -0.370 e. The SMILES string of the molecule is CCNC(=NCc1cccc(Cn2ccnc2C)c1)N1CCCC(CC(N)=O)C1.I. The number of hydrogen-bond acceptors (Lipinski definition) is 3. The van der Waals surface area contributed by atoms with Gasteiger partial charge in [-0.3, -0.25) is 4.79 Å². The predicted octanol–water partition coefficient (Wildman–Crippen LogP) is 2.91. The summed E-state index contributed by atoms with van der Waals surface area (Å²) in [7, 11) is 0. The van der Waals surface area contributed by atoms with Crippen LogP contribution in [-0.4, -0.2) is 46.0 Å². The van der Waals surface area contributed by atoms with Gasteiger partial charge in [0, 0.05) is 45.0 Å². The van der Waals surface area contributed by atoms with Crippen molar-refractivity contribution in [3.8, 4) is 0 Å². The van der Waals surface area contributed by atoms with Gasteiger partial charge in [0.2, 0.25) is 5.91 Å². The Morgan fingerprint density at radius 3 is 2.87 bits per heavy atom. The highest BCUT2D eigenvalue weighted by atomic mass is 127. The number of halogens is 1. The Kier molecular flexibility index (Phi) is 9.61. The fraction of sp³-hybridized carbons (Fsp3) is 0.500. The van der Waals surface area contributed by atoms with Crippen LogP contribution in [-0.2, 0) is 17.9 Å². The molecule has 1 unspecified atom stereocenters. The highest BCUT2D eigenvalue weighted by molar-refractivity contribution is 14.0. The standard InChI is InChI=1S/C22H32N6O.HI/c1-3-24-22(28-10-5-8-20(16-28)13-21(23)29)26-14-18-6-4-7-19(12-18)15-27-11-9-25-17(27)2;/h4,6-7,9,11-12,20H,3,5,8,10,13-16H2,1-2H3,(H2,23,29)(H,24,26);1H. The minimum absolute atomic E-state index is 0. The fourth-order valence-corrected chi connectivity index (χ4v) is 3.89. The number of nitrogens with one attached hydrogen (secondary N) is 1. The first-order chi connectivity index (χ1) is 14.0. The van der Waals surface area contributed by atoms with E-state index in [1.54, 1.807) is 0 Å². The highest BCUT2D eigenvalue weighted by Gasteiger charge is 2.23. The van der Waals surface area contributed by atoms with Crippen molar-refractivity contribution in [1.82, 2.24) is 19.8 Å². The molecule has 30 heavy (non-hydrogen) atoms. The largest absolute Gasteiger partial charge is 0.370 e. The maximum atomic E-state index is 11.3. The summed E-state index contributed by atoms with van der Waals surface area (Å²) in [4.78, 5) is 22.7. The van der Waals surface area contributed by atoms with E-state index in [2.05, 4.69) is 51.0 Å². The Labute approximate surface area is 196 Å². The van der Waals surface area contributed by atoms with Crippen molar-refractivity contribution < 1.29 is 4.79 Å². The van der Waals surface area contributed by atoms with Crippen LogP contribution < -0.4 is 11.1 Å². The van der Waals surface area contributed by atoms with Gasteiger partial charge in [-0.15, -0.1) is 24.0 Å². The average molecular weight is 524 g/mol. The van der Waals surface area contributed by atoms with E-state index in [4.69, 9.17) is 10.7 Å². The van der Waals surface area contributed by atoms with E-state index in [0.29, 0.717) is 18.9 Å². The van der Waals surface area contributed by atoms with Crippen LogP contribution in [0.4, 0.5) is 0 Å². The van der Waals surface area contributed by atoms with Gasteiger partial charge in [-0.2, -0.15) is 0 Å². The lowest BCUT2D eigenvalue weighted by Crippen LogP contribution is -2.47. The average Bonchev–Trinajstić information content (AvgIpc) is 3.09. The fourth-order valence-electron chi connectivity index (χ4n) is 3.89. The molecule has 1 fully saturated rings. The Bertz CT molecular complexity index is 850. The molecule has 1 aliphatic heterocycles. The third-order valence-corrected chi connectivity index (χ3v) is 5.32. The smallest absolute Gasteiger partial charge is 0.217 e. The summed E-state index contributed by atoms with van der Waals surface area (Å²) in [5, 5.41) is 3.40. The molecule has 7 nitrogen and oxygen atoms in total. The maximum Gasteiger partial charge on any atom is 0.217 e. The lowest BCUT2D eigenvalue weighted by Gasteiger charge is -2.34. The molecule has 3 rings (SSSR count). The number of carbonyl (C=O) groups is 1. The van der Waals surface area contributed by atoms with Gasteiger partial charge < -0.3 is 20.5 Å². The molecule has 1 aliphatic rings. The van der Waals surface area contributed by atoms with Gasteiger partial charge in [0.15, 0.2) is 5.96 Å². The van der Waals surface area contributed by atoms with Gasteiger partial charge in [0.25, 0.3) is 0 Å². The van der Waals surface area contributed by atoms with E-state index in [1.807, 2.05) is 19.3 Å². The summed E-state index contributed by atoms with van der Waals surface area (Å²) < 4.78 is 2.14. The number of piperidine rings is 1. The Morgan fingerprint density at radius 2 is 2.17 bits per heavy atom. The topological polar surface area (TPSA) is 88.5 Å². The van der Waals surface area contributed by atoms with Crippen LogP contribution in [0.2, 0.25) is 0 Å². The summed E-state index contributed by atoms with van der Waals surface area (Å²) in [6.07, 6.45) is 6.39. The van der Waals surface area contributed by atoms with E-state index >= 15 is 0 Å². The minimum atomic E-state index is -0.219. The number of nitrogens with zero attached hydrogens (tertiary/aromatic N) is 4. The third kappa shape index (κ3) is 7.00. The number of amides is 1. The number of aliphatic imine (C=N–C) groups is 1. The molecule has 2 heterocycles. The van der Waals surface area contributed by atoms with E-state index in [9.17, 15) is 4.79 Å². The van der Waals surface area contributed by atoms with Crippen LogP contribution in [0.1, 0.15) is 43.1 Å². The van der Waals surface area contributed by atoms with Gasteiger partial charge in [-0.1, -0.05) is 24.3 Å². The summed E-state index contributed by atoms with van der Waals surface area (Å²) >= 11 is 0. The predicted molar refractivity (Wildman–Crippen MR) is 131 cm³/mol. The summed E-state index contributed by atoms with van der Waals surface area (Å²) in [5.41, 5.74) is 7.82. The molecule has 0 spiro atoms. The molecule has 1 amide bonds. The molecule has 0 saturated carbocycles. The first-order valence-electron chi connectivity index (χ1n) is 10.4. The zero-order chi connectivity index (χ0) is 20.6. The third-order valence-electron chi connectivity index (χ3n) is 5.32. The molecule has 1 saturated heterocycles. The summed E-state index contributed by atoms with van der Waals surface area (Å²) in [6.45, 7) is 8.13. The molecule has 1 aromatic carbocycles. The number of hydrogen-bond donors (Lipinski definition) is 2. The van der Waals surface area contributed by atoms with Crippen molar-refractivity contribution in [3.05, 3.63) is 53.6 Å². The van der Waals surface area contributed by atoms with Crippen molar-refractivity contribution in [1.29, 1.82) is 0 Å². The number of primary amides is 1. The molecular weight excluding hydrogens is 491 g/mol. The zero-order valence-electron chi connectivity index (χ0n) is 17.9. The van der Waals surface area contributed by atoms with E-state index in [1.165, 1.54) is 11.1 Å². The number of rotatable bonds is 7. The molecule has 0 bridgehead atoms. The zero-order valence-corrected chi connectivity index (χ0v) is 20.2. The van der Waals surface area contributed by atoms with Crippen LogP contribution in [0.5, 0.6) is 0 Å². The van der Waals surface area contributed by atoms with Crippen LogP contribution in [0.3, 0.4) is 0 Å². The number of guanidine groups is 1. The number of imidazole rings is 1. The van der Waals surface area contributed by atoms with Crippen LogP contribution in [0.25, 0.3) is 0 Å². The Morgan fingerprint density at radius 1 is 1.37 bits per heavy atom. The molecule has 0 aliphatic carbocycles. The molecule has 3 N–H and O–H groups in total. The molecule has 8 heteroatoms. The molecule has 164 valence electrons. The quantitative estimate of drug-likeness (QED) is 0.331. The van der Waals surface area contributed by atoms with Crippen molar-refractivity contribution in [2.75, 3.05) is 19.6 Å². The molecular formula is C22H33IN6O. The van der Waals surface area contributed by atoms with Crippen molar-refractivity contribution >= 4 is 35.8 Å². The summed E-state index contributed by atoms with van der Waals surface area (Å²) in [6, 6.07) is 8.54. The van der Waals surface area contributed by atoms with E-state index in [-0.39, 0.29) is 29.9 Å². The molecule has 1 aromatic heterocycles. The number of likely N-dealkylation sites (tertiary alicyclic amines) is 1. The normalized spacial score (nSPS) is 16.8. The van der Waals surface area contributed by atoms with Crippen LogP contribution in [0.15, 0.2) is 41.7 Å². The first kappa shape index (κ1) is 24.2. The number of aromatic nitrogens is 2. The lowest BCUT2D eigenvalue weighted by molar-refractivity contribution is -0.119. The maximum absolute atomic E-state index is 11.3. The van der Waals surface area contributed by atoms with Crippen molar-refractivity contribution in [2.24, 2.45) is 16.6 Å². The van der Waals surface area contributed by atoms with Crippen molar-refractivity contribution in [2.45, 2.75) is 46.2 Å². The van der Waals surface area contributed by atoms with Gasteiger partial charge in [0.1, 0.15) is 5.82 Å². The van der Waals surface area contributed by atoms with Crippen molar-refractivity contribution in [3.63, 3.8) is 0 Å². The first-order valence-corrected chi connectivity index (χ1v) is 10.4.